The zero-order valence-electron chi connectivity index (χ0n) is 5.99. The minimum atomic E-state index is -1.42. The Bertz CT molecular complexity index is 238. The highest BCUT2D eigenvalue weighted by atomic mass is 28.2. The fourth-order valence-electron chi connectivity index (χ4n) is 0.589. The lowest BCUT2D eigenvalue weighted by Gasteiger charge is -1.85. The minimum Gasteiger partial charge on any atom is -0.274 e. The Morgan fingerprint density at radius 1 is 1.18 bits per heavy atom. The van der Waals surface area contributed by atoms with Gasteiger partial charge in [-0.2, -0.15) is 0 Å². The molecule has 0 atom stereocenters. The molecule has 2 nitrogen and oxygen atoms in total. The predicted molar refractivity (Wildman–Crippen MR) is 43.7 cm³/mol. The SMILES string of the molecule is C=Cc1ccccc1.O=[Si]=O. The van der Waals surface area contributed by atoms with Gasteiger partial charge < -0.3 is 0 Å². The van der Waals surface area contributed by atoms with Crippen molar-refractivity contribution in [2.45, 2.75) is 0 Å². The topological polar surface area (TPSA) is 34.1 Å². The monoisotopic (exact) mass is 164 g/mol. The zero-order chi connectivity index (χ0) is 8.53. The Morgan fingerprint density at radius 2 is 1.64 bits per heavy atom. The molecule has 1 rings (SSSR count). The Hall–Kier alpha value is -1.22. The van der Waals surface area contributed by atoms with Crippen LogP contribution in [0.1, 0.15) is 5.56 Å². The van der Waals surface area contributed by atoms with Gasteiger partial charge in [0.2, 0.25) is 0 Å². The standard InChI is InChI=1S/C8H8.O2Si/c1-2-8-6-4-3-5-7-8;1-3-2/h2-7H,1H2;. The summed E-state index contributed by atoms with van der Waals surface area (Å²) < 4.78 is 16.8. The molecule has 0 saturated carbocycles. The molecule has 11 heavy (non-hydrogen) atoms. The molecule has 1 aromatic carbocycles. The van der Waals surface area contributed by atoms with E-state index in [1.165, 1.54) is 5.56 Å². The third-order valence-corrected chi connectivity index (χ3v) is 1.04. The van der Waals surface area contributed by atoms with Crippen LogP contribution in [0.4, 0.5) is 0 Å². The Labute approximate surface area is 67.5 Å². The van der Waals surface area contributed by atoms with Crippen molar-refractivity contribution < 1.29 is 8.92 Å². The fraction of sp³-hybridized carbons (Fsp3) is 0. The maximum Gasteiger partial charge on any atom is 0.549 e. The summed E-state index contributed by atoms with van der Waals surface area (Å²) in [5.74, 6) is 0. The summed E-state index contributed by atoms with van der Waals surface area (Å²) in [5.41, 5.74) is 1.17. The lowest BCUT2D eigenvalue weighted by Crippen LogP contribution is -1.63. The van der Waals surface area contributed by atoms with E-state index in [4.69, 9.17) is 8.92 Å². The molecule has 0 N–H and O–H groups in total. The Balaban J connectivity index is 0.000000292. The highest BCUT2D eigenvalue weighted by molar-refractivity contribution is 5.94. The van der Waals surface area contributed by atoms with Crippen LogP contribution in [0.15, 0.2) is 36.9 Å². The van der Waals surface area contributed by atoms with Crippen LogP contribution in [0.5, 0.6) is 0 Å². The third kappa shape index (κ3) is 5.23. The highest BCUT2D eigenvalue weighted by Crippen LogP contribution is 1.97. The van der Waals surface area contributed by atoms with Gasteiger partial charge in [-0.1, -0.05) is 43.0 Å². The van der Waals surface area contributed by atoms with Gasteiger partial charge in [0.1, 0.15) is 0 Å². The molecule has 0 radical (unpaired) electrons. The Kier molecular flexibility index (Phi) is 6.12. The van der Waals surface area contributed by atoms with E-state index in [0.717, 1.165) is 0 Å². The fourth-order valence-corrected chi connectivity index (χ4v) is 0.589. The number of hydrogen-bond donors (Lipinski definition) is 0. The lowest BCUT2D eigenvalue weighted by molar-refractivity contribution is 0.497. The van der Waals surface area contributed by atoms with Gasteiger partial charge in [0, 0.05) is 0 Å². The summed E-state index contributed by atoms with van der Waals surface area (Å²) in [6.07, 6.45) is 1.83. The minimum absolute atomic E-state index is 1.17. The van der Waals surface area contributed by atoms with E-state index in [2.05, 4.69) is 6.58 Å². The van der Waals surface area contributed by atoms with Crippen molar-refractivity contribution in [1.82, 2.24) is 0 Å². The van der Waals surface area contributed by atoms with Crippen molar-refractivity contribution >= 4 is 15.4 Å². The molecule has 0 aliphatic carbocycles. The van der Waals surface area contributed by atoms with Crippen LogP contribution in [0.3, 0.4) is 0 Å². The zero-order valence-corrected chi connectivity index (χ0v) is 6.99. The van der Waals surface area contributed by atoms with Gasteiger partial charge in [0.25, 0.3) is 0 Å². The Morgan fingerprint density at radius 3 is 1.91 bits per heavy atom. The van der Waals surface area contributed by atoms with E-state index in [1.54, 1.807) is 0 Å². The van der Waals surface area contributed by atoms with Gasteiger partial charge in [-0.3, -0.25) is 8.92 Å². The third-order valence-electron chi connectivity index (χ3n) is 1.04. The van der Waals surface area contributed by atoms with E-state index >= 15 is 0 Å². The second-order valence-corrected chi connectivity index (χ2v) is 1.86. The molecule has 0 fully saturated rings. The van der Waals surface area contributed by atoms with Crippen LogP contribution in [-0.4, -0.2) is 9.29 Å². The predicted octanol–water partition coefficient (Wildman–Crippen LogP) is 1.71. The lowest BCUT2D eigenvalue weighted by atomic mass is 10.2. The van der Waals surface area contributed by atoms with Crippen molar-refractivity contribution in [3.63, 3.8) is 0 Å². The van der Waals surface area contributed by atoms with Crippen LogP contribution >= 0.6 is 0 Å². The van der Waals surface area contributed by atoms with Gasteiger partial charge in [-0.15, -0.1) is 0 Å². The molecule has 0 bridgehead atoms. The van der Waals surface area contributed by atoms with Crippen molar-refractivity contribution in [2.75, 3.05) is 0 Å². The van der Waals surface area contributed by atoms with Gasteiger partial charge in [-0.25, -0.2) is 0 Å². The smallest absolute Gasteiger partial charge is 0.274 e. The van der Waals surface area contributed by atoms with Crippen molar-refractivity contribution in [3.8, 4) is 0 Å². The molecular weight excluding hydrogens is 156 g/mol. The van der Waals surface area contributed by atoms with Crippen molar-refractivity contribution in [1.29, 1.82) is 0 Å². The summed E-state index contributed by atoms with van der Waals surface area (Å²) in [6.45, 7) is 3.63. The molecule has 56 valence electrons. The molecule has 1 aromatic rings. The van der Waals surface area contributed by atoms with Gasteiger partial charge >= 0.3 is 9.29 Å². The van der Waals surface area contributed by atoms with E-state index in [1.807, 2.05) is 36.4 Å². The molecule has 3 heteroatoms. The average molecular weight is 164 g/mol. The average Bonchev–Trinajstić information content (AvgIpc) is 2.08. The molecular formula is C8H8O2Si. The van der Waals surface area contributed by atoms with Crippen LogP contribution in [-0.2, 0) is 8.92 Å². The van der Waals surface area contributed by atoms with E-state index in [9.17, 15) is 0 Å². The van der Waals surface area contributed by atoms with Crippen LogP contribution in [0, 0.1) is 0 Å². The second-order valence-electron chi connectivity index (χ2n) is 1.70. The number of benzene rings is 1. The molecule has 0 unspecified atom stereocenters. The summed E-state index contributed by atoms with van der Waals surface area (Å²) in [4.78, 5) is 0. The maximum absolute atomic E-state index is 8.40. The molecule has 0 aromatic heterocycles. The number of hydrogen-bond acceptors (Lipinski definition) is 2. The summed E-state index contributed by atoms with van der Waals surface area (Å²) in [5, 5.41) is 0. The van der Waals surface area contributed by atoms with E-state index < -0.39 is 9.29 Å². The number of rotatable bonds is 1. The summed E-state index contributed by atoms with van der Waals surface area (Å²) in [6, 6.07) is 10.0. The molecule has 0 aliphatic rings. The first kappa shape index (κ1) is 9.78. The largest absolute Gasteiger partial charge is 0.549 e. The highest BCUT2D eigenvalue weighted by Gasteiger charge is 1.75. The second kappa shape index (κ2) is 6.89. The summed E-state index contributed by atoms with van der Waals surface area (Å²) >= 11 is 0. The maximum atomic E-state index is 8.40. The van der Waals surface area contributed by atoms with Crippen LogP contribution < -0.4 is 0 Å². The first-order valence-corrected chi connectivity index (χ1v) is 3.83. The van der Waals surface area contributed by atoms with Gasteiger partial charge in [-0.05, 0) is 5.56 Å². The van der Waals surface area contributed by atoms with Crippen LogP contribution in [0.25, 0.3) is 6.08 Å². The van der Waals surface area contributed by atoms with Gasteiger partial charge in [0.05, 0.1) is 0 Å². The molecule has 0 amide bonds. The van der Waals surface area contributed by atoms with Gasteiger partial charge in [0.15, 0.2) is 0 Å². The normalized spacial score (nSPS) is 6.91. The molecule has 0 spiro atoms. The molecule has 0 aliphatic heterocycles. The first-order chi connectivity index (χ1) is 5.35. The first-order valence-electron chi connectivity index (χ1n) is 3.02. The van der Waals surface area contributed by atoms with Crippen LogP contribution in [0.2, 0.25) is 0 Å². The van der Waals surface area contributed by atoms with Crippen molar-refractivity contribution in [3.05, 3.63) is 42.5 Å². The van der Waals surface area contributed by atoms with E-state index in [-0.39, 0.29) is 0 Å². The quantitative estimate of drug-likeness (QED) is 0.592. The summed E-state index contributed by atoms with van der Waals surface area (Å²) in [7, 11) is -1.42. The van der Waals surface area contributed by atoms with E-state index in [0.29, 0.717) is 0 Å². The molecule has 0 saturated heterocycles. The van der Waals surface area contributed by atoms with Crippen molar-refractivity contribution in [2.24, 2.45) is 0 Å². The molecule has 0 heterocycles.